The van der Waals surface area contributed by atoms with Crippen LogP contribution in [-0.4, -0.2) is 17.4 Å². The molecule has 4 aromatic rings. The highest BCUT2D eigenvalue weighted by Crippen LogP contribution is 2.52. The monoisotopic (exact) mass is 496 g/mol. The molecule has 6 heteroatoms. The summed E-state index contributed by atoms with van der Waals surface area (Å²) in [5.74, 6) is -0.376. The fraction of sp³-hybridized carbons (Fsp3) is 0.133. The Kier molecular flexibility index (Phi) is 6.87. The third-order valence-electron chi connectivity index (χ3n) is 6.37. The molecule has 4 nitrogen and oxygen atoms in total. The quantitative estimate of drug-likeness (QED) is 0.277. The van der Waals surface area contributed by atoms with Crippen molar-refractivity contribution in [2.75, 3.05) is 5.32 Å². The Morgan fingerprint density at radius 2 is 1.47 bits per heavy atom. The number of amides is 2. The van der Waals surface area contributed by atoms with E-state index < -0.39 is 17.3 Å². The molecule has 0 unspecified atom stereocenters. The number of nitrogens with one attached hydrogen (secondary N) is 2. The number of carbonyl (C=O) groups excluding carboxylic acids is 2. The van der Waals surface area contributed by atoms with Crippen LogP contribution in [0.4, 0.5) is 10.1 Å². The molecule has 0 radical (unpaired) electrons. The van der Waals surface area contributed by atoms with Gasteiger partial charge in [-0.05, 0) is 66.1 Å². The molecule has 0 aromatic heterocycles. The molecule has 1 fully saturated rings. The number of halogens is 1. The summed E-state index contributed by atoms with van der Waals surface area (Å²) in [7, 11) is 0. The van der Waals surface area contributed by atoms with Gasteiger partial charge in [-0.1, -0.05) is 60.7 Å². The van der Waals surface area contributed by atoms with Gasteiger partial charge in [0, 0.05) is 27.8 Å². The third-order valence-corrected chi connectivity index (χ3v) is 7.45. The third kappa shape index (κ3) is 5.34. The molecule has 2 atom stereocenters. The first-order chi connectivity index (χ1) is 17.5. The lowest BCUT2D eigenvalue weighted by atomic mass is 10.0. The van der Waals surface area contributed by atoms with E-state index in [2.05, 4.69) is 22.8 Å². The van der Waals surface area contributed by atoms with E-state index in [1.807, 2.05) is 72.8 Å². The summed E-state index contributed by atoms with van der Waals surface area (Å²) in [6, 6.07) is 33.0. The number of hydrogen-bond donors (Lipinski definition) is 2. The summed E-state index contributed by atoms with van der Waals surface area (Å²) in [4.78, 5) is 27.6. The number of thioether (sulfide) groups is 1. The predicted molar refractivity (Wildman–Crippen MR) is 141 cm³/mol. The maximum absolute atomic E-state index is 13.5. The zero-order valence-corrected chi connectivity index (χ0v) is 20.3. The van der Waals surface area contributed by atoms with Crippen LogP contribution in [0, 0.1) is 5.82 Å². The molecular formula is C30H25FN2O2S. The van der Waals surface area contributed by atoms with Crippen molar-refractivity contribution >= 4 is 29.3 Å². The maximum atomic E-state index is 13.5. The first-order valence-corrected chi connectivity index (χ1v) is 12.7. The number of benzene rings is 4. The van der Waals surface area contributed by atoms with Gasteiger partial charge in [-0.3, -0.25) is 9.59 Å². The van der Waals surface area contributed by atoms with Gasteiger partial charge < -0.3 is 10.6 Å². The molecule has 0 saturated heterocycles. The molecule has 2 amide bonds. The van der Waals surface area contributed by atoms with Crippen molar-refractivity contribution in [3.05, 3.63) is 132 Å². The molecule has 1 aliphatic carbocycles. The van der Waals surface area contributed by atoms with Crippen molar-refractivity contribution in [2.45, 2.75) is 28.5 Å². The Hall–Kier alpha value is -3.90. The van der Waals surface area contributed by atoms with Crippen LogP contribution in [0.2, 0.25) is 0 Å². The minimum Gasteiger partial charge on any atom is -0.337 e. The zero-order valence-electron chi connectivity index (χ0n) is 19.5. The van der Waals surface area contributed by atoms with Crippen molar-refractivity contribution in [3.63, 3.8) is 0 Å². The van der Waals surface area contributed by atoms with E-state index in [1.54, 1.807) is 11.8 Å². The molecule has 180 valence electrons. The van der Waals surface area contributed by atoms with E-state index in [1.165, 1.54) is 29.8 Å². The van der Waals surface area contributed by atoms with E-state index in [4.69, 9.17) is 0 Å². The van der Waals surface area contributed by atoms with Gasteiger partial charge in [-0.15, -0.1) is 11.8 Å². The Balaban J connectivity index is 1.30. The molecule has 5 rings (SSSR count). The minimum atomic E-state index is -1.08. The van der Waals surface area contributed by atoms with E-state index >= 15 is 0 Å². The molecule has 0 aliphatic heterocycles. The highest BCUT2D eigenvalue weighted by Gasteiger charge is 2.61. The largest absolute Gasteiger partial charge is 0.337 e. The van der Waals surface area contributed by atoms with Crippen molar-refractivity contribution in [1.82, 2.24) is 5.32 Å². The van der Waals surface area contributed by atoms with Crippen LogP contribution in [0.1, 0.15) is 33.8 Å². The normalized spacial score (nSPS) is 18.3. The summed E-state index contributed by atoms with van der Waals surface area (Å²) in [5, 5.41) is 5.93. The van der Waals surface area contributed by atoms with E-state index in [-0.39, 0.29) is 11.8 Å². The van der Waals surface area contributed by atoms with Gasteiger partial charge in [0.15, 0.2) is 0 Å². The topological polar surface area (TPSA) is 58.2 Å². The van der Waals surface area contributed by atoms with Gasteiger partial charge in [0.25, 0.3) is 11.8 Å². The first kappa shape index (κ1) is 23.8. The fourth-order valence-electron chi connectivity index (χ4n) is 4.29. The second-order valence-corrected chi connectivity index (χ2v) is 9.90. The van der Waals surface area contributed by atoms with Crippen molar-refractivity contribution in [2.24, 2.45) is 0 Å². The second-order valence-electron chi connectivity index (χ2n) is 8.85. The van der Waals surface area contributed by atoms with Gasteiger partial charge in [0.1, 0.15) is 11.4 Å². The molecule has 0 heterocycles. The highest BCUT2D eigenvalue weighted by molar-refractivity contribution is 7.98. The molecule has 36 heavy (non-hydrogen) atoms. The lowest BCUT2D eigenvalue weighted by Gasteiger charge is -2.20. The molecule has 1 saturated carbocycles. The molecular weight excluding hydrogens is 471 g/mol. The zero-order chi connectivity index (χ0) is 25.0. The molecule has 4 aromatic carbocycles. The van der Waals surface area contributed by atoms with Crippen LogP contribution in [-0.2, 0) is 10.5 Å². The Morgan fingerprint density at radius 3 is 2.14 bits per heavy atom. The molecule has 0 spiro atoms. The van der Waals surface area contributed by atoms with Gasteiger partial charge in [0.2, 0.25) is 0 Å². The highest BCUT2D eigenvalue weighted by atomic mass is 32.2. The molecule has 0 bridgehead atoms. The van der Waals surface area contributed by atoms with Gasteiger partial charge in [-0.25, -0.2) is 4.39 Å². The van der Waals surface area contributed by atoms with Crippen LogP contribution >= 0.6 is 11.8 Å². The number of rotatable bonds is 8. The Labute approximate surface area is 213 Å². The van der Waals surface area contributed by atoms with Crippen LogP contribution in [0.25, 0.3) is 0 Å². The van der Waals surface area contributed by atoms with Crippen molar-refractivity contribution in [1.29, 1.82) is 0 Å². The summed E-state index contributed by atoms with van der Waals surface area (Å²) in [5.41, 5.74) is 2.13. The first-order valence-electron chi connectivity index (χ1n) is 11.7. The number of anilines is 1. The van der Waals surface area contributed by atoms with Gasteiger partial charge in [0.05, 0.1) is 0 Å². The molecule has 1 aliphatic rings. The summed E-state index contributed by atoms with van der Waals surface area (Å²) >= 11 is 1.73. The smallest absolute Gasteiger partial charge is 0.252 e. The SMILES string of the molecule is O=C(N[C@@]1(C(=O)Nc2ccc(SCc3ccccc3)cc2)C[C@@H]1c1ccccc1)c1ccc(F)cc1. The summed E-state index contributed by atoms with van der Waals surface area (Å²) < 4.78 is 13.3. The Bertz CT molecular complexity index is 1350. The van der Waals surface area contributed by atoms with Crippen molar-refractivity contribution < 1.29 is 14.0 Å². The number of carbonyl (C=O) groups is 2. The fourth-order valence-corrected chi connectivity index (χ4v) is 5.14. The Morgan fingerprint density at radius 1 is 0.833 bits per heavy atom. The van der Waals surface area contributed by atoms with Crippen LogP contribution in [0.5, 0.6) is 0 Å². The second kappa shape index (κ2) is 10.4. The van der Waals surface area contributed by atoms with Gasteiger partial charge in [-0.2, -0.15) is 0 Å². The summed E-state index contributed by atoms with van der Waals surface area (Å²) in [6.07, 6.45) is 0.487. The van der Waals surface area contributed by atoms with Crippen LogP contribution in [0.3, 0.4) is 0 Å². The molecule has 2 N–H and O–H groups in total. The van der Waals surface area contributed by atoms with Crippen LogP contribution in [0.15, 0.2) is 114 Å². The van der Waals surface area contributed by atoms with Crippen LogP contribution < -0.4 is 10.6 Å². The van der Waals surface area contributed by atoms with E-state index in [0.717, 1.165) is 16.2 Å². The average molecular weight is 497 g/mol. The van der Waals surface area contributed by atoms with E-state index in [9.17, 15) is 14.0 Å². The van der Waals surface area contributed by atoms with Gasteiger partial charge >= 0.3 is 0 Å². The lowest BCUT2D eigenvalue weighted by molar-refractivity contribution is -0.119. The van der Waals surface area contributed by atoms with E-state index in [0.29, 0.717) is 17.7 Å². The lowest BCUT2D eigenvalue weighted by Crippen LogP contribution is -2.47. The average Bonchev–Trinajstić information content (AvgIpc) is 3.65. The number of hydrogen-bond acceptors (Lipinski definition) is 3. The standard InChI is InChI=1S/C30H25FN2O2S/c31-24-13-11-23(12-14-24)28(34)33-30(19-27(30)22-9-5-2-6-10-22)29(35)32-25-15-17-26(18-16-25)36-20-21-7-3-1-4-8-21/h1-18,27H,19-20H2,(H,32,35)(H,33,34)/t27-,30+/m1/s1. The maximum Gasteiger partial charge on any atom is 0.252 e. The summed E-state index contributed by atoms with van der Waals surface area (Å²) in [6.45, 7) is 0. The van der Waals surface area contributed by atoms with Crippen molar-refractivity contribution in [3.8, 4) is 0 Å². The minimum absolute atomic E-state index is 0.149. The predicted octanol–water partition coefficient (Wildman–Crippen LogP) is 6.41.